The van der Waals surface area contributed by atoms with Gasteiger partial charge in [-0.2, -0.15) is 0 Å². The van der Waals surface area contributed by atoms with Crippen LogP contribution in [0.5, 0.6) is 0 Å². The zero-order valence-electron chi connectivity index (χ0n) is 17.9. The standard InChI is InChI=1S/C25H23N3O3S/c1-13-7-9-16-21(11-13)32-25(22(16)23(26)29)28-24(30)17-12-19(20-10-8-14(2)31-20)27-18-6-4-3-5-15(17)18/h3-6,8,10,12-13H,7,9,11H2,1-2H3,(H2,26,29)(H,28,30). The zero-order chi connectivity index (χ0) is 22.4. The maximum absolute atomic E-state index is 13.5. The van der Waals surface area contributed by atoms with Crippen LogP contribution in [0, 0.1) is 12.8 Å². The summed E-state index contributed by atoms with van der Waals surface area (Å²) in [4.78, 5) is 31.5. The van der Waals surface area contributed by atoms with E-state index < -0.39 is 5.91 Å². The minimum Gasteiger partial charge on any atom is -0.460 e. The van der Waals surface area contributed by atoms with Crippen LogP contribution in [0.15, 0.2) is 46.9 Å². The van der Waals surface area contributed by atoms with Crippen molar-refractivity contribution in [1.29, 1.82) is 0 Å². The van der Waals surface area contributed by atoms with Crippen LogP contribution in [-0.2, 0) is 12.8 Å². The number of furan rings is 1. The molecule has 1 aromatic carbocycles. The summed E-state index contributed by atoms with van der Waals surface area (Å²) in [6.07, 6.45) is 2.72. The van der Waals surface area contributed by atoms with E-state index in [4.69, 9.17) is 10.2 Å². The summed E-state index contributed by atoms with van der Waals surface area (Å²) < 4.78 is 5.73. The fourth-order valence-corrected chi connectivity index (χ4v) is 5.74. The molecule has 1 unspecified atom stereocenters. The average Bonchev–Trinajstić information content (AvgIpc) is 3.35. The van der Waals surface area contributed by atoms with Crippen molar-refractivity contribution in [3.05, 3.63) is 69.8 Å². The van der Waals surface area contributed by atoms with Crippen LogP contribution >= 0.6 is 11.3 Å². The van der Waals surface area contributed by atoms with Crippen LogP contribution < -0.4 is 11.1 Å². The summed E-state index contributed by atoms with van der Waals surface area (Å²) in [6, 6.07) is 12.9. The highest BCUT2D eigenvalue weighted by molar-refractivity contribution is 7.17. The van der Waals surface area contributed by atoms with Crippen LogP contribution in [-0.4, -0.2) is 16.8 Å². The van der Waals surface area contributed by atoms with E-state index in [1.807, 2.05) is 43.3 Å². The molecule has 1 aliphatic rings. The van der Waals surface area contributed by atoms with Gasteiger partial charge in [-0.15, -0.1) is 11.3 Å². The number of nitrogens with one attached hydrogen (secondary N) is 1. The van der Waals surface area contributed by atoms with Gasteiger partial charge in [0, 0.05) is 10.3 Å². The fraction of sp³-hybridized carbons (Fsp3) is 0.240. The molecule has 1 atom stereocenters. The predicted octanol–water partition coefficient (Wildman–Crippen LogP) is 5.34. The second kappa shape index (κ2) is 7.91. The molecule has 0 saturated carbocycles. The molecule has 7 heteroatoms. The Labute approximate surface area is 189 Å². The molecule has 3 aromatic heterocycles. The van der Waals surface area contributed by atoms with Crippen molar-refractivity contribution in [2.45, 2.75) is 33.1 Å². The number of carbonyl (C=O) groups is 2. The number of benzene rings is 1. The number of hydrogen-bond donors (Lipinski definition) is 2. The van der Waals surface area contributed by atoms with Gasteiger partial charge < -0.3 is 15.5 Å². The van der Waals surface area contributed by atoms with Crippen LogP contribution in [0.2, 0.25) is 0 Å². The number of aromatic nitrogens is 1. The number of anilines is 1. The first-order chi connectivity index (χ1) is 15.4. The molecule has 0 spiro atoms. The van der Waals surface area contributed by atoms with Crippen molar-refractivity contribution in [1.82, 2.24) is 4.98 Å². The number of primary amides is 1. The third-order valence-electron chi connectivity index (χ3n) is 5.94. The monoisotopic (exact) mass is 445 g/mol. The quantitative estimate of drug-likeness (QED) is 0.443. The highest BCUT2D eigenvalue weighted by Gasteiger charge is 2.28. The molecule has 3 heterocycles. The van der Waals surface area contributed by atoms with E-state index in [0.717, 1.165) is 40.8 Å². The molecular weight excluding hydrogens is 422 g/mol. The molecule has 6 nitrogen and oxygen atoms in total. The van der Waals surface area contributed by atoms with Gasteiger partial charge in [-0.25, -0.2) is 4.98 Å². The lowest BCUT2D eigenvalue weighted by Gasteiger charge is -2.18. The number of rotatable bonds is 4. The summed E-state index contributed by atoms with van der Waals surface area (Å²) >= 11 is 1.46. The smallest absolute Gasteiger partial charge is 0.257 e. The number of hydrogen-bond acceptors (Lipinski definition) is 5. The topological polar surface area (TPSA) is 98.2 Å². The molecule has 32 heavy (non-hydrogen) atoms. The molecule has 0 saturated heterocycles. The van der Waals surface area contributed by atoms with Crippen molar-refractivity contribution in [2.75, 3.05) is 5.32 Å². The first-order valence-corrected chi connectivity index (χ1v) is 11.4. The fourth-order valence-electron chi connectivity index (χ4n) is 4.33. The first kappa shape index (κ1) is 20.5. The lowest BCUT2D eigenvalue weighted by molar-refractivity contribution is 0.1000. The molecule has 2 amide bonds. The van der Waals surface area contributed by atoms with E-state index >= 15 is 0 Å². The Bertz CT molecular complexity index is 1370. The molecule has 0 radical (unpaired) electrons. The van der Waals surface area contributed by atoms with Gasteiger partial charge in [0.15, 0.2) is 5.76 Å². The molecule has 0 fully saturated rings. The molecular formula is C25H23N3O3S. The van der Waals surface area contributed by atoms with Crippen LogP contribution in [0.3, 0.4) is 0 Å². The van der Waals surface area contributed by atoms with Gasteiger partial charge in [-0.1, -0.05) is 25.1 Å². The van der Waals surface area contributed by atoms with Crippen LogP contribution in [0.4, 0.5) is 5.00 Å². The normalized spacial score (nSPS) is 15.5. The van der Waals surface area contributed by atoms with E-state index in [0.29, 0.717) is 39.0 Å². The molecule has 3 N–H and O–H groups in total. The number of amides is 2. The summed E-state index contributed by atoms with van der Waals surface area (Å²) in [6.45, 7) is 4.06. The Hall–Kier alpha value is -3.45. The van der Waals surface area contributed by atoms with Crippen molar-refractivity contribution in [3.8, 4) is 11.5 Å². The number of nitrogens with zero attached hydrogens (tertiary/aromatic N) is 1. The maximum atomic E-state index is 13.5. The number of para-hydroxylation sites is 1. The van der Waals surface area contributed by atoms with E-state index in [2.05, 4.69) is 17.2 Å². The highest BCUT2D eigenvalue weighted by atomic mass is 32.1. The van der Waals surface area contributed by atoms with Crippen LogP contribution in [0.1, 0.15) is 50.3 Å². The number of carbonyl (C=O) groups excluding carboxylic acids is 2. The van der Waals surface area contributed by atoms with Crippen LogP contribution in [0.25, 0.3) is 22.4 Å². The largest absolute Gasteiger partial charge is 0.460 e. The van der Waals surface area contributed by atoms with Gasteiger partial charge in [0.25, 0.3) is 11.8 Å². The number of nitrogens with two attached hydrogens (primary N) is 1. The lowest BCUT2D eigenvalue weighted by Crippen LogP contribution is -2.19. The summed E-state index contributed by atoms with van der Waals surface area (Å²) in [5.41, 5.74) is 8.90. The molecule has 1 aliphatic carbocycles. The number of pyridine rings is 1. The van der Waals surface area contributed by atoms with E-state index in [1.165, 1.54) is 11.3 Å². The van der Waals surface area contributed by atoms with E-state index in [1.54, 1.807) is 6.07 Å². The number of aryl methyl sites for hydroxylation is 1. The lowest BCUT2D eigenvalue weighted by atomic mass is 9.88. The minimum atomic E-state index is -0.501. The Kier molecular flexibility index (Phi) is 5.06. The number of thiophene rings is 1. The highest BCUT2D eigenvalue weighted by Crippen LogP contribution is 2.40. The molecule has 0 bridgehead atoms. The van der Waals surface area contributed by atoms with E-state index in [9.17, 15) is 9.59 Å². The Morgan fingerprint density at radius 2 is 2.03 bits per heavy atom. The summed E-state index contributed by atoms with van der Waals surface area (Å²) in [5.74, 6) is 1.11. The summed E-state index contributed by atoms with van der Waals surface area (Å²) in [7, 11) is 0. The van der Waals surface area contributed by atoms with Crippen molar-refractivity contribution < 1.29 is 14.0 Å². The van der Waals surface area contributed by atoms with Gasteiger partial charge in [-0.05, 0) is 61.9 Å². The van der Waals surface area contributed by atoms with Crippen molar-refractivity contribution in [2.24, 2.45) is 11.7 Å². The number of fused-ring (bicyclic) bond motifs is 2. The third kappa shape index (κ3) is 3.58. The first-order valence-electron chi connectivity index (χ1n) is 10.6. The second-order valence-electron chi connectivity index (χ2n) is 8.36. The second-order valence-corrected chi connectivity index (χ2v) is 9.46. The van der Waals surface area contributed by atoms with E-state index in [-0.39, 0.29) is 5.91 Å². The Balaban J connectivity index is 1.58. The molecule has 5 rings (SSSR count). The summed E-state index contributed by atoms with van der Waals surface area (Å²) in [5, 5.41) is 4.23. The molecule has 4 aromatic rings. The van der Waals surface area contributed by atoms with Gasteiger partial charge in [0.05, 0.1) is 16.6 Å². The van der Waals surface area contributed by atoms with Gasteiger partial charge >= 0.3 is 0 Å². The Morgan fingerprint density at radius 3 is 2.78 bits per heavy atom. The van der Waals surface area contributed by atoms with Gasteiger partial charge in [0.1, 0.15) is 16.5 Å². The van der Waals surface area contributed by atoms with Gasteiger partial charge in [-0.3, -0.25) is 9.59 Å². The molecule has 162 valence electrons. The zero-order valence-corrected chi connectivity index (χ0v) is 18.7. The third-order valence-corrected chi connectivity index (χ3v) is 7.11. The predicted molar refractivity (Wildman–Crippen MR) is 126 cm³/mol. The Morgan fingerprint density at radius 1 is 1.22 bits per heavy atom. The maximum Gasteiger partial charge on any atom is 0.257 e. The molecule has 0 aliphatic heterocycles. The SMILES string of the molecule is Cc1ccc(-c2cc(C(=O)Nc3sc4c(c3C(N)=O)CCC(C)C4)c3ccccc3n2)o1. The van der Waals surface area contributed by atoms with Gasteiger partial charge in [0.2, 0.25) is 0 Å². The minimum absolute atomic E-state index is 0.303. The van der Waals surface area contributed by atoms with Crippen molar-refractivity contribution >= 4 is 39.1 Å². The average molecular weight is 446 g/mol. The van der Waals surface area contributed by atoms with Crippen molar-refractivity contribution in [3.63, 3.8) is 0 Å².